The minimum atomic E-state index is 0.679. The first-order valence-electron chi connectivity index (χ1n) is 8.31. The van der Waals surface area contributed by atoms with Crippen molar-refractivity contribution in [1.82, 2.24) is 0 Å². The Balaban J connectivity index is 1.91. The topological polar surface area (TPSA) is 0 Å². The van der Waals surface area contributed by atoms with Crippen LogP contribution in [0, 0.1) is 58.7 Å². The van der Waals surface area contributed by atoms with E-state index in [-0.39, 0.29) is 0 Å². The monoisotopic (exact) mass is 248 g/mol. The molecule has 0 aliphatic heterocycles. The Labute approximate surface area is 114 Å². The van der Waals surface area contributed by atoms with Crippen LogP contribution in [0.2, 0.25) is 0 Å². The van der Waals surface area contributed by atoms with Crippen LogP contribution >= 0.6 is 0 Å². The van der Waals surface area contributed by atoms with Gasteiger partial charge in [0.2, 0.25) is 0 Å². The fourth-order valence-electron chi connectivity index (χ4n) is 7.02. The van der Waals surface area contributed by atoms with Crippen molar-refractivity contribution in [1.29, 1.82) is 0 Å². The van der Waals surface area contributed by atoms with Crippen LogP contribution in [0.15, 0.2) is 0 Å². The molecule has 0 radical (unpaired) electrons. The van der Waals surface area contributed by atoms with Gasteiger partial charge in [-0.05, 0) is 65.1 Å². The molecule has 0 amide bonds. The normalized spacial score (nSPS) is 62.7. The van der Waals surface area contributed by atoms with Gasteiger partial charge in [-0.3, -0.25) is 0 Å². The van der Waals surface area contributed by atoms with E-state index in [1.54, 1.807) is 0 Å². The molecule has 3 fully saturated rings. The van der Waals surface area contributed by atoms with Crippen LogP contribution < -0.4 is 0 Å². The average Bonchev–Trinajstić information content (AvgIpc) is 2.31. The van der Waals surface area contributed by atoms with Crippen molar-refractivity contribution >= 4 is 0 Å². The molecule has 9 atom stereocenters. The highest BCUT2D eigenvalue weighted by Crippen LogP contribution is 2.74. The number of hydrogen-bond acceptors (Lipinski definition) is 0. The predicted octanol–water partition coefficient (Wildman–Crippen LogP) is 5.09. The molecule has 0 aromatic rings. The molecule has 0 spiro atoms. The molecule has 0 heterocycles. The molecule has 0 N–H and O–H groups in total. The number of fused-ring (bicyclic) bond motifs is 3. The Morgan fingerprint density at radius 2 is 1.61 bits per heavy atom. The summed E-state index contributed by atoms with van der Waals surface area (Å²) < 4.78 is 0. The largest absolute Gasteiger partial charge is 0.0625 e. The van der Waals surface area contributed by atoms with Gasteiger partial charge < -0.3 is 0 Å². The lowest BCUT2D eigenvalue weighted by atomic mass is 9.30. The molecule has 18 heavy (non-hydrogen) atoms. The van der Waals surface area contributed by atoms with Gasteiger partial charge in [0, 0.05) is 0 Å². The van der Waals surface area contributed by atoms with Crippen molar-refractivity contribution in [3.63, 3.8) is 0 Å². The molecule has 0 bridgehead atoms. The van der Waals surface area contributed by atoms with Crippen molar-refractivity contribution in [3.8, 4) is 0 Å². The third-order valence-corrected chi connectivity index (χ3v) is 8.01. The number of rotatable bonds is 1. The van der Waals surface area contributed by atoms with Crippen molar-refractivity contribution in [2.75, 3.05) is 0 Å². The summed E-state index contributed by atoms with van der Waals surface area (Å²) in [5.41, 5.74) is 0.679. The van der Waals surface area contributed by atoms with E-state index >= 15 is 0 Å². The Hall–Kier alpha value is 0. The van der Waals surface area contributed by atoms with E-state index in [1.165, 1.54) is 6.42 Å². The minimum Gasteiger partial charge on any atom is -0.0625 e. The molecule has 0 saturated heterocycles. The molecule has 9 unspecified atom stereocenters. The molecule has 0 aromatic heterocycles. The van der Waals surface area contributed by atoms with Crippen LogP contribution in [0.1, 0.15) is 54.9 Å². The minimum absolute atomic E-state index is 0.679. The smallest absolute Gasteiger partial charge is 0.0232 e. The maximum atomic E-state index is 2.65. The lowest BCUT2D eigenvalue weighted by Gasteiger charge is -2.75. The van der Waals surface area contributed by atoms with Crippen molar-refractivity contribution in [2.45, 2.75) is 54.9 Å². The van der Waals surface area contributed by atoms with Crippen LogP contribution in [0.25, 0.3) is 0 Å². The first-order valence-corrected chi connectivity index (χ1v) is 8.31. The molecular weight excluding hydrogens is 216 g/mol. The van der Waals surface area contributed by atoms with E-state index < -0.39 is 0 Å². The van der Waals surface area contributed by atoms with Gasteiger partial charge in [0.25, 0.3) is 0 Å². The SMILES string of the molecule is CC(C)C1C(C)C2(C)C1CC(C)C1C(C)C(C)C12. The van der Waals surface area contributed by atoms with E-state index in [0.29, 0.717) is 5.41 Å². The van der Waals surface area contributed by atoms with Crippen LogP contribution in [0.3, 0.4) is 0 Å². The highest BCUT2D eigenvalue weighted by molar-refractivity contribution is 5.17. The fourth-order valence-corrected chi connectivity index (χ4v) is 7.02. The maximum Gasteiger partial charge on any atom is -0.0232 e. The third kappa shape index (κ3) is 1.23. The molecule has 3 saturated carbocycles. The van der Waals surface area contributed by atoms with Gasteiger partial charge in [0.15, 0.2) is 0 Å². The zero-order valence-corrected chi connectivity index (χ0v) is 13.4. The Morgan fingerprint density at radius 1 is 1.00 bits per heavy atom. The van der Waals surface area contributed by atoms with Gasteiger partial charge in [-0.2, -0.15) is 0 Å². The standard InChI is InChI=1S/C18H32/c1-9(2)15-13(6)18(7)14(15)8-10(3)16-11(4)12(5)17(16)18/h9-17H,8H2,1-7H3. The van der Waals surface area contributed by atoms with E-state index in [2.05, 4.69) is 48.5 Å². The first-order chi connectivity index (χ1) is 8.31. The molecule has 3 rings (SSSR count). The molecule has 0 heteroatoms. The van der Waals surface area contributed by atoms with Gasteiger partial charge >= 0.3 is 0 Å². The molecule has 3 aliphatic carbocycles. The molecule has 104 valence electrons. The average molecular weight is 248 g/mol. The summed E-state index contributed by atoms with van der Waals surface area (Å²) in [6.07, 6.45) is 1.52. The summed E-state index contributed by atoms with van der Waals surface area (Å²) in [6.45, 7) is 17.7. The van der Waals surface area contributed by atoms with Crippen LogP contribution in [0.4, 0.5) is 0 Å². The van der Waals surface area contributed by atoms with Gasteiger partial charge in [0.05, 0.1) is 0 Å². The molecule has 0 aromatic carbocycles. The van der Waals surface area contributed by atoms with Crippen molar-refractivity contribution in [3.05, 3.63) is 0 Å². The lowest BCUT2D eigenvalue weighted by Crippen LogP contribution is -2.70. The summed E-state index contributed by atoms with van der Waals surface area (Å²) in [4.78, 5) is 0. The van der Waals surface area contributed by atoms with E-state index in [4.69, 9.17) is 0 Å². The second-order valence-electron chi connectivity index (χ2n) is 8.62. The molecule has 3 aliphatic rings. The Morgan fingerprint density at radius 3 is 2.17 bits per heavy atom. The second-order valence-corrected chi connectivity index (χ2v) is 8.62. The van der Waals surface area contributed by atoms with Gasteiger partial charge in [-0.15, -0.1) is 0 Å². The fraction of sp³-hybridized carbons (Fsp3) is 1.00. The summed E-state index contributed by atoms with van der Waals surface area (Å²) in [7, 11) is 0. The van der Waals surface area contributed by atoms with Crippen LogP contribution in [-0.2, 0) is 0 Å². The maximum absolute atomic E-state index is 2.65. The zero-order valence-electron chi connectivity index (χ0n) is 13.4. The Bertz CT molecular complexity index is 344. The van der Waals surface area contributed by atoms with E-state index in [0.717, 1.165) is 53.3 Å². The van der Waals surface area contributed by atoms with Gasteiger partial charge in [-0.25, -0.2) is 0 Å². The third-order valence-electron chi connectivity index (χ3n) is 8.01. The summed E-state index contributed by atoms with van der Waals surface area (Å²) in [5.74, 6) is 8.87. The predicted molar refractivity (Wildman–Crippen MR) is 78.2 cm³/mol. The second kappa shape index (κ2) is 3.76. The first kappa shape index (κ1) is 13.0. The molecular formula is C18H32. The summed E-state index contributed by atoms with van der Waals surface area (Å²) >= 11 is 0. The van der Waals surface area contributed by atoms with Gasteiger partial charge in [-0.1, -0.05) is 48.5 Å². The quantitative estimate of drug-likeness (QED) is 0.606. The summed E-state index contributed by atoms with van der Waals surface area (Å²) in [6, 6.07) is 0. The molecule has 0 nitrogen and oxygen atoms in total. The van der Waals surface area contributed by atoms with Crippen molar-refractivity contribution in [2.24, 2.45) is 58.7 Å². The highest BCUT2D eigenvalue weighted by atomic mass is 14.7. The zero-order chi connectivity index (χ0) is 13.4. The highest BCUT2D eigenvalue weighted by Gasteiger charge is 2.69. The van der Waals surface area contributed by atoms with Gasteiger partial charge in [0.1, 0.15) is 0 Å². The van der Waals surface area contributed by atoms with Crippen molar-refractivity contribution < 1.29 is 0 Å². The van der Waals surface area contributed by atoms with E-state index in [1.807, 2.05) is 0 Å². The van der Waals surface area contributed by atoms with Crippen LogP contribution in [-0.4, -0.2) is 0 Å². The summed E-state index contributed by atoms with van der Waals surface area (Å²) in [5, 5.41) is 0. The van der Waals surface area contributed by atoms with E-state index in [9.17, 15) is 0 Å². The number of hydrogen-bond donors (Lipinski definition) is 0. The van der Waals surface area contributed by atoms with Crippen LogP contribution in [0.5, 0.6) is 0 Å². The lowest BCUT2D eigenvalue weighted by molar-refractivity contribution is -0.275. The Kier molecular flexibility index (Phi) is 2.72.